The molecule has 3 rings (SSSR count). The van der Waals surface area contributed by atoms with E-state index in [1.165, 1.54) is 6.33 Å². The van der Waals surface area contributed by atoms with Crippen molar-refractivity contribution in [2.24, 2.45) is 0 Å². The number of ether oxygens (including phenoxy) is 1. The first-order valence-corrected chi connectivity index (χ1v) is 6.82. The van der Waals surface area contributed by atoms with Crippen LogP contribution in [0.4, 0.5) is 11.8 Å². The standard InChI is InChI=1S/C12H18N6O3/c1-2-14-12-17-9-10(13)15-5-16-11(9)18(12)8-3-6(20)7(4-19)21-8/h5-8,19-20H,2-4H2,1H3,(H,14,17)(H2,13,15,16). The lowest BCUT2D eigenvalue weighted by Crippen LogP contribution is -2.24. The van der Waals surface area contributed by atoms with Crippen molar-refractivity contribution < 1.29 is 14.9 Å². The van der Waals surface area contributed by atoms with Crippen LogP contribution in [-0.4, -0.2) is 55.1 Å². The van der Waals surface area contributed by atoms with Gasteiger partial charge in [0.1, 0.15) is 18.7 Å². The molecule has 0 aliphatic carbocycles. The molecule has 0 saturated carbocycles. The highest BCUT2D eigenvalue weighted by atomic mass is 16.5. The summed E-state index contributed by atoms with van der Waals surface area (Å²) in [6.07, 6.45) is -0.0999. The first-order chi connectivity index (χ1) is 10.2. The first kappa shape index (κ1) is 14.0. The van der Waals surface area contributed by atoms with Crippen molar-refractivity contribution in [2.75, 3.05) is 24.2 Å². The maximum Gasteiger partial charge on any atom is 0.207 e. The second-order valence-electron chi connectivity index (χ2n) is 4.88. The summed E-state index contributed by atoms with van der Waals surface area (Å²) in [6, 6.07) is 0. The maximum atomic E-state index is 9.91. The molecule has 0 radical (unpaired) electrons. The number of rotatable bonds is 4. The zero-order valence-electron chi connectivity index (χ0n) is 11.6. The van der Waals surface area contributed by atoms with Gasteiger partial charge in [0.15, 0.2) is 17.0 Å². The molecule has 0 bridgehead atoms. The van der Waals surface area contributed by atoms with Crippen LogP contribution in [0.5, 0.6) is 0 Å². The van der Waals surface area contributed by atoms with E-state index in [4.69, 9.17) is 10.5 Å². The van der Waals surface area contributed by atoms with E-state index in [0.29, 0.717) is 30.1 Å². The molecule has 3 unspecified atom stereocenters. The fourth-order valence-corrected chi connectivity index (χ4v) is 2.52. The lowest BCUT2D eigenvalue weighted by atomic mass is 10.2. The molecule has 1 saturated heterocycles. The van der Waals surface area contributed by atoms with E-state index in [2.05, 4.69) is 20.3 Å². The van der Waals surface area contributed by atoms with Crippen molar-refractivity contribution >= 4 is 22.9 Å². The number of hydrogen-bond acceptors (Lipinski definition) is 8. The summed E-state index contributed by atoms with van der Waals surface area (Å²) in [6.45, 7) is 2.37. The van der Waals surface area contributed by atoms with Gasteiger partial charge >= 0.3 is 0 Å². The third kappa shape index (κ3) is 2.28. The van der Waals surface area contributed by atoms with Crippen LogP contribution in [0, 0.1) is 0 Å². The van der Waals surface area contributed by atoms with E-state index in [1.54, 1.807) is 4.57 Å². The van der Waals surface area contributed by atoms with Crippen molar-refractivity contribution in [2.45, 2.75) is 31.8 Å². The van der Waals surface area contributed by atoms with Crippen molar-refractivity contribution in [1.29, 1.82) is 0 Å². The van der Waals surface area contributed by atoms with Crippen LogP contribution >= 0.6 is 0 Å². The molecule has 1 aliphatic rings. The highest BCUT2D eigenvalue weighted by Crippen LogP contribution is 2.34. The molecule has 9 nitrogen and oxygen atoms in total. The molecular weight excluding hydrogens is 276 g/mol. The number of aliphatic hydroxyl groups excluding tert-OH is 2. The van der Waals surface area contributed by atoms with E-state index < -0.39 is 18.4 Å². The summed E-state index contributed by atoms with van der Waals surface area (Å²) in [5, 5.41) is 22.2. The van der Waals surface area contributed by atoms with Gasteiger partial charge in [-0.3, -0.25) is 4.57 Å². The molecule has 2 aromatic rings. The minimum Gasteiger partial charge on any atom is -0.394 e. The molecule has 114 valence electrons. The van der Waals surface area contributed by atoms with Gasteiger partial charge in [0.2, 0.25) is 5.95 Å². The summed E-state index contributed by atoms with van der Waals surface area (Å²) in [5.41, 5.74) is 6.85. The lowest BCUT2D eigenvalue weighted by molar-refractivity contribution is -0.0425. The zero-order chi connectivity index (χ0) is 15.0. The summed E-state index contributed by atoms with van der Waals surface area (Å²) >= 11 is 0. The summed E-state index contributed by atoms with van der Waals surface area (Å²) < 4.78 is 7.43. The average molecular weight is 294 g/mol. The average Bonchev–Trinajstić information content (AvgIpc) is 3.00. The van der Waals surface area contributed by atoms with Gasteiger partial charge in [-0.05, 0) is 6.92 Å². The number of nitrogen functional groups attached to an aromatic ring is 1. The predicted octanol–water partition coefficient (Wildman–Crippen LogP) is -0.519. The number of imidazole rings is 1. The molecule has 3 heterocycles. The van der Waals surface area contributed by atoms with Crippen LogP contribution in [0.15, 0.2) is 6.33 Å². The Hall–Kier alpha value is -1.97. The number of aliphatic hydroxyl groups is 2. The third-order valence-corrected chi connectivity index (χ3v) is 3.51. The molecule has 3 atom stereocenters. The molecule has 21 heavy (non-hydrogen) atoms. The Morgan fingerprint density at radius 2 is 2.33 bits per heavy atom. The van der Waals surface area contributed by atoms with E-state index >= 15 is 0 Å². The molecule has 0 aromatic carbocycles. The van der Waals surface area contributed by atoms with Crippen LogP contribution in [0.2, 0.25) is 0 Å². The molecule has 0 amide bonds. The highest BCUT2D eigenvalue weighted by Gasteiger charge is 2.36. The largest absolute Gasteiger partial charge is 0.394 e. The van der Waals surface area contributed by atoms with Crippen LogP contribution in [0.3, 0.4) is 0 Å². The Morgan fingerprint density at radius 1 is 1.52 bits per heavy atom. The highest BCUT2D eigenvalue weighted by molar-refractivity contribution is 5.84. The second kappa shape index (κ2) is 5.43. The number of nitrogens with zero attached hydrogens (tertiary/aromatic N) is 4. The minimum absolute atomic E-state index is 0.238. The smallest absolute Gasteiger partial charge is 0.207 e. The molecule has 1 aliphatic heterocycles. The normalized spacial score (nSPS) is 25.6. The fourth-order valence-electron chi connectivity index (χ4n) is 2.52. The van der Waals surface area contributed by atoms with Crippen molar-refractivity contribution in [3.8, 4) is 0 Å². The Bertz CT molecular complexity index is 645. The number of nitrogens with one attached hydrogen (secondary N) is 1. The van der Waals surface area contributed by atoms with Gasteiger partial charge in [-0.15, -0.1) is 0 Å². The number of fused-ring (bicyclic) bond motifs is 1. The predicted molar refractivity (Wildman–Crippen MR) is 75.5 cm³/mol. The molecule has 0 spiro atoms. The molecular formula is C12H18N6O3. The number of anilines is 2. The molecule has 9 heteroatoms. The van der Waals surface area contributed by atoms with E-state index in [0.717, 1.165) is 0 Å². The van der Waals surface area contributed by atoms with Gasteiger partial charge in [0.25, 0.3) is 0 Å². The minimum atomic E-state index is -0.730. The summed E-state index contributed by atoms with van der Waals surface area (Å²) in [7, 11) is 0. The van der Waals surface area contributed by atoms with Gasteiger partial charge in [-0.2, -0.15) is 0 Å². The van der Waals surface area contributed by atoms with Crippen molar-refractivity contribution in [3.05, 3.63) is 6.33 Å². The van der Waals surface area contributed by atoms with Crippen LogP contribution in [0.1, 0.15) is 19.6 Å². The summed E-state index contributed by atoms with van der Waals surface area (Å²) in [5.74, 6) is 0.839. The van der Waals surface area contributed by atoms with Gasteiger partial charge in [0.05, 0.1) is 12.7 Å². The van der Waals surface area contributed by atoms with Crippen LogP contribution in [-0.2, 0) is 4.74 Å². The zero-order valence-corrected chi connectivity index (χ0v) is 11.6. The number of hydrogen-bond donors (Lipinski definition) is 4. The van der Waals surface area contributed by atoms with Crippen LogP contribution in [0.25, 0.3) is 11.2 Å². The summed E-state index contributed by atoms with van der Waals surface area (Å²) in [4.78, 5) is 12.5. The topological polar surface area (TPSA) is 131 Å². The second-order valence-corrected chi connectivity index (χ2v) is 4.88. The SMILES string of the molecule is CCNc1nc2c(N)ncnc2n1C1CC(O)C(CO)O1. The first-order valence-electron chi connectivity index (χ1n) is 6.82. The fraction of sp³-hybridized carbons (Fsp3) is 0.583. The Kier molecular flexibility index (Phi) is 3.62. The number of aromatic nitrogens is 4. The Morgan fingerprint density at radius 3 is 3.00 bits per heavy atom. The quantitative estimate of drug-likeness (QED) is 0.592. The van der Waals surface area contributed by atoms with E-state index in [9.17, 15) is 10.2 Å². The van der Waals surface area contributed by atoms with Crippen LogP contribution < -0.4 is 11.1 Å². The van der Waals surface area contributed by atoms with E-state index in [1.807, 2.05) is 6.92 Å². The molecule has 1 fully saturated rings. The third-order valence-electron chi connectivity index (χ3n) is 3.51. The van der Waals surface area contributed by atoms with Gasteiger partial charge in [0, 0.05) is 13.0 Å². The van der Waals surface area contributed by atoms with Crippen molar-refractivity contribution in [3.63, 3.8) is 0 Å². The van der Waals surface area contributed by atoms with Crippen molar-refractivity contribution in [1.82, 2.24) is 19.5 Å². The van der Waals surface area contributed by atoms with Gasteiger partial charge < -0.3 is 26.0 Å². The Labute approximate surface area is 120 Å². The monoisotopic (exact) mass is 294 g/mol. The van der Waals surface area contributed by atoms with Gasteiger partial charge in [-0.1, -0.05) is 0 Å². The number of nitrogens with two attached hydrogens (primary N) is 1. The molecule has 5 N–H and O–H groups in total. The maximum absolute atomic E-state index is 9.91. The Balaban J connectivity index is 2.08. The van der Waals surface area contributed by atoms with E-state index in [-0.39, 0.29) is 12.4 Å². The van der Waals surface area contributed by atoms with Gasteiger partial charge in [-0.25, -0.2) is 15.0 Å². The lowest BCUT2D eigenvalue weighted by Gasteiger charge is -2.16. The molecule has 2 aromatic heterocycles.